The van der Waals surface area contributed by atoms with Gasteiger partial charge in [-0.1, -0.05) is 83.1 Å². The molecule has 0 aliphatic heterocycles. The maximum Gasteiger partial charge on any atom is 0.206 e. The van der Waals surface area contributed by atoms with E-state index in [1.807, 2.05) is 46.8 Å². The average Bonchev–Trinajstić information content (AvgIpc) is 2.96. The predicted octanol–water partition coefficient (Wildman–Crippen LogP) is 9.19. The van der Waals surface area contributed by atoms with Gasteiger partial charge in [0, 0.05) is 5.41 Å². The van der Waals surface area contributed by atoms with E-state index in [4.69, 9.17) is 4.74 Å². The standard InChI is InChI=1S/C38H46O5S2/c1-35(2,3)29-15-11-27(12-16-29)28-13-21-34(22-14-28)45(41,42)38(9,10)37(7,8)30-17-23-32(24-18-30)44(39,40)33-25-19-31(20-26-33)43-36(4,5)6/h11-26H,1-10H3. The summed E-state index contributed by atoms with van der Waals surface area (Å²) in [4.78, 5) is 0.541. The normalized spacial score (nSPS) is 13.5. The molecule has 0 N–H and O–H groups in total. The third-order valence-electron chi connectivity index (χ3n) is 8.87. The van der Waals surface area contributed by atoms with E-state index in [2.05, 4.69) is 45.0 Å². The molecule has 0 unspecified atom stereocenters. The van der Waals surface area contributed by atoms with E-state index >= 15 is 0 Å². The van der Waals surface area contributed by atoms with Gasteiger partial charge in [-0.15, -0.1) is 0 Å². The number of benzene rings is 4. The second kappa shape index (κ2) is 11.7. The fraction of sp³-hybridized carbons (Fsp3) is 0.368. The van der Waals surface area contributed by atoms with Crippen molar-refractivity contribution < 1.29 is 21.6 Å². The van der Waals surface area contributed by atoms with Gasteiger partial charge in [0.2, 0.25) is 9.84 Å². The first-order valence-electron chi connectivity index (χ1n) is 15.2. The summed E-state index contributed by atoms with van der Waals surface area (Å²) in [7, 11) is -7.58. The Kier molecular flexibility index (Phi) is 8.99. The minimum Gasteiger partial charge on any atom is -0.488 e. The first-order chi connectivity index (χ1) is 20.6. The van der Waals surface area contributed by atoms with E-state index in [0.29, 0.717) is 5.75 Å². The van der Waals surface area contributed by atoms with Crippen molar-refractivity contribution in [2.24, 2.45) is 0 Å². The fourth-order valence-corrected chi connectivity index (χ4v) is 8.33. The molecule has 0 saturated carbocycles. The molecule has 0 saturated heterocycles. The van der Waals surface area contributed by atoms with Gasteiger partial charge in [0.15, 0.2) is 9.84 Å². The SMILES string of the molecule is CC(C)(C)Oc1ccc(S(=O)(=O)c2ccc(C(C)(C)C(C)(C)S(=O)(=O)c3ccc(-c4ccc(C(C)(C)C)cc4)cc3)cc2)cc1. The minimum absolute atomic E-state index is 0.0530. The van der Waals surface area contributed by atoms with Gasteiger partial charge >= 0.3 is 0 Å². The maximum absolute atomic E-state index is 14.1. The van der Waals surface area contributed by atoms with Gasteiger partial charge in [0.05, 0.1) is 19.4 Å². The molecule has 0 heterocycles. The highest BCUT2D eigenvalue weighted by Crippen LogP contribution is 2.43. The lowest BCUT2D eigenvalue weighted by Gasteiger charge is -2.41. The van der Waals surface area contributed by atoms with Crippen molar-refractivity contribution >= 4 is 19.7 Å². The minimum atomic E-state index is -3.80. The maximum atomic E-state index is 14.1. The molecule has 240 valence electrons. The van der Waals surface area contributed by atoms with Crippen LogP contribution in [0.2, 0.25) is 0 Å². The van der Waals surface area contributed by atoms with Gasteiger partial charge in [-0.2, -0.15) is 0 Å². The topological polar surface area (TPSA) is 77.5 Å². The van der Waals surface area contributed by atoms with Crippen molar-refractivity contribution in [2.75, 3.05) is 0 Å². The van der Waals surface area contributed by atoms with Crippen molar-refractivity contribution in [2.45, 2.75) is 105 Å². The molecule has 4 rings (SSSR count). The van der Waals surface area contributed by atoms with Crippen LogP contribution in [0, 0.1) is 0 Å². The molecule has 0 radical (unpaired) electrons. The van der Waals surface area contributed by atoms with Gasteiger partial charge < -0.3 is 4.74 Å². The lowest BCUT2D eigenvalue weighted by Crippen LogP contribution is -2.49. The first-order valence-corrected chi connectivity index (χ1v) is 18.1. The van der Waals surface area contributed by atoms with Crippen LogP contribution in [-0.4, -0.2) is 27.2 Å². The number of ether oxygens (including phenoxy) is 1. The highest BCUT2D eigenvalue weighted by Gasteiger charge is 2.49. The molecule has 0 aromatic heterocycles. The number of hydrogen-bond donors (Lipinski definition) is 0. The van der Waals surface area contributed by atoms with Crippen LogP contribution in [0.1, 0.15) is 80.4 Å². The molecule has 5 nitrogen and oxygen atoms in total. The van der Waals surface area contributed by atoms with Crippen LogP contribution >= 0.6 is 0 Å². The predicted molar refractivity (Wildman–Crippen MR) is 184 cm³/mol. The highest BCUT2D eigenvalue weighted by molar-refractivity contribution is 7.93. The summed E-state index contributed by atoms with van der Waals surface area (Å²) in [5, 5.41) is 0. The van der Waals surface area contributed by atoms with Gasteiger partial charge in [0.25, 0.3) is 0 Å². The number of rotatable bonds is 8. The number of hydrogen-bond acceptors (Lipinski definition) is 5. The van der Waals surface area contributed by atoms with Crippen LogP contribution in [0.25, 0.3) is 11.1 Å². The molecule has 0 bridgehead atoms. The van der Waals surface area contributed by atoms with Crippen LogP contribution in [0.15, 0.2) is 112 Å². The zero-order valence-corrected chi connectivity index (χ0v) is 29.7. The Hall–Kier alpha value is -3.42. The van der Waals surface area contributed by atoms with E-state index < -0.39 is 35.4 Å². The van der Waals surface area contributed by atoms with Crippen LogP contribution in [0.5, 0.6) is 5.75 Å². The van der Waals surface area contributed by atoms with Gasteiger partial charge in [-0.25, -0.2) is 16.8 Å². The Bertz CT molecular complexity index is 1850. The van der Waals surface area contributed by atoms with Crippen molar-refractivity contribution in [3.8, 4) is 16.9 Å². The molecule has 0 atom stereocenters. The molecule has 0 aliphatic carbocycles. The van der Waals surface area contributed by atoms with Crippen LogP contribution in [-0.2, 0) is 30.5 Å². The molecule has 0 fully saturated rings. The fourth-order valence-electron chi connectivity index (χ4n) is 5.19. The first kappa shape index (κ1) is 34.5. The smallest absolute Gasteiger partial charge is 0.206 e. The molecule has 0 amide bonds. The molecule has 7 heteroatoms. The summed E-state index contributed by atoms with van der Waals surface area (Å²) in [6.07, 6.45) is 0. The average molecular weight is 647 g/mol. The molecule has 0 aliphatic rings. The monoisotopic (exact) mass is 646 g/mol. The lowest BCUT2D eigenvalue weighted by atomic mass is 9.74. The summed E-state index contributed by atoms with van der Waals surface area (Å²) >= 11 is 0. The van der Waals surface area contributed by atoms with E-state index in [0.717, 1.165) is 16.7 Å². The van der Waals surface area contributed by atoms with E-state index in [-0.39, 0.29) is 20.1 Å². The summed E-state index contributed by atoms with van der Waals surface area (Å²) in [6.45, 7) is 19.5. The third-order valence-corrected chi connectivity index (χ3v) is 13.4. The van der Waals surface area contributed by atoms with Crippen molar-refractivity contribution in [1.82, 2.24) is 0 Å². The number of sulfone groups is 2. The molecular weight excluding hydrogens is 601 g/mol. The summed E-state index contributed by atoms with van der Waals surface area (Å²) in [5.41, 5.74) is 2.72. The largest absolute Gasteiger partial charge is 0.488 e. The molecule has 4 aromatic carbocycles. The second-order valence-electron chi connectivity index (χ2n) is 14.7. The zero-order valence-electron chi connectivity index (χ0n) is 28.1. The molecule has 4 aromatic rings. The van der Waals surface area contributed by atoms with E-state index in [1.54, 1.807) is 62.4 Å². The summed E-state index contributed by atoms with van der Waals surface area (Å²) in [6, 6.07) is 28.3. The molecule has 45 heavy (non-hydrogen) atoms. The lowest BCUT2D eigenvalue weighted by molar-refractivity contribution is 0.131. The highest BCUT2D eigenvalue weighted by atomic mass is 32.2. The quantitative estimate of drug-likeness (QED) is 0.191. The third kappa shape index (κ3) is 6.90. The summed E-state index contributed by atoms with van der Waals surface area (Å²) in [5.74, 6) is 0.589. The Morgan fingerprint density at radius 2 is 0.844 bits per heavy atom. The van der Waals surface area contributed by atoms with Crippen molar-refractivity contribution in [3.05, 3.63) is 108 Å². The van der Waals surface area contributed by atoms with Gasteiger partial charge in [-0.05, 0) is 111 Å². The Morgan fingerprint density at radius 1 is 0.467 bits per heavy atom. The second-order valence-corrected chi connectivity index (χ2v) is 19.2. The van der Waals surface area contributed by atoms with Gasteiger partial charge in [-0.3, -0.25) is 0 Å². The Morgan fingerprint density at radius 3 is 1.27 bits per heavy atom. The Labute approximate surface area is 270 Å². The van der Waals surface area contributed by atoms with Gasteiger partial charge in [0.1, 0.15) is 11.4 Å². The Balaban J connectivity index is 1.58. The van der Waals surface area contributed by atoms with Crippen LogP contribution in [0.4, 0.5) is 0 Å². The summed E-state index contributed by atoms with van der Waals surface area (Å²) < 4.78 is 59.6. The van der Waals surface area contributed by atoms with Crippen LogP contribution in [0.3, 0.4) is 0 Å². The van der Waals surface area contributed by atoms with Crippen molar-refractivity contribution in [1.29, 1.82) is 0 Å². The zero-order chi connectivity index (χ0) is 33.6. The van der Waals surface area contributed by atoms with E-state index in [9.17, 15) is 16.8 Å². The molecule has 0 spiro atoms. The molecular formula is C38H46O5S2. The van der Waals surface area contributed by atoms with Crippen LogP contribution < -0.4 is 4.74 Å². The van der Waals surface area contributed by atoms with E-state index in [1.165, 1.54) is 17.7 Å². The van der Waals surface area contributed by atoms with Crippen molar-refractivity contribution in [3.63, 3.8) is 0 Å².